The average molecular weight is 230 g/mol. The molecule has 0 bridgehead atoms. The SMILES string of the molecule is CCCCCCOC(=O)CC(=O)COCC. The summed E-state index contributed by atoms with van der Waals surface area (Å²) < 4.78 is 9.82. The van der Waals surface area contributed by atoms with Gasteiger partial charge in [-0.15, -0.1) is 0 Å². The fraction of sp³-hybridized carbons (Fsp3) is 0.833. The van der Waals surface area contributed by atoms with E-state index in [1.54, 1.807) is 6.92 Å². The van der Waals surface area contributed by atoms with Gasteiger partial charge in [-0.05, 0) is 13.3 Å². The van der Waals surface area contributed by atoms with Gasteiger partial charge in [-0.1, -0.05) is 26.2 Å². The monoisotopic (exact) mass is 230 g/mol. The highest BCUT2D eigenvalue weighted by molar-refractivity contribution is 5.96. The third kappa shape index (κ3) is 9.65. The molecule has 0 fully saturated rings. The Labute approximate surface area is 97.3 Å². The van der Waals surface area contributed by atoms with Crippen LogP contribution < -0.4 is 0 Å². The number of ether oxygens (including phenoxy) is 2. The van der Waals surface area contributed by atoms with Crippen LogP contribution in [0.25, 0.3) is 0 Å². The number of hydrogen-bond donors (Lipinski definition) is 0. The lowest BCUT2D eigenvalue weighted by Gasteiger charge is -2.04. The lowest BCUT2D eigenvalue weighted by Crippen LogP contribution is -2.16. The van der Waals surface area contributed by atoms with Crippen LogP contribution in [0.3, 0.4) is 0 Å². The number of carbonyl (C=O) groups excluding carboxylic acids is 2. The van der Waals surface area contributed by atoms with Crippen molar-refractivity contribution in [3.8, 4) is 0 Å². The van der Waals surface area contributed by atoms with E-state index < -0.39 is 5.97 Å². The highest BCUT2D eigenvalue weighted by Crippen LogP contribution is 2.00. The summed E-state index contributed by atoms with van der Waals surface area (Å²) in [4.78, 5) is 22.3. The molecule has 0 heterocycles. The first-order valence-corrected chi connectivity index (χ1v) is 5.95. The van der Waals surface area contributed by atoms with Gasteiger partial charge in [-0.2, -0.15) is 0 Å². The highest BCUT2D eigenvalue weighted by atomic mass is 16.5. The summed E-state index contributed by atoms with van der Waals surface area (Å²) in [7, 11) is 0. The molecule has 0 aromatic heterocycles. The van der Waals surface area contributed by atoms with E-state index in [-0.39, 0.29) is 18.8 Å². The van der Waals surface area contributed by atoms with E-state index in [9.17, 15) is 9.59 Å². The second-order valence-corrected chi connectivity index (χ2v) is 3.63. The molecular weight excluding hydrogens is 208 g/mol. The Morgan fingerprint density at radius 3 is 2.44 bits per heavy atom. The van der Waals surface area contributed by atoms with Gasteiger partial charge in [0.2, 0.25) is 0 Å². The van der Waals surface area contributed by atoms with Crippen molar-refractivity contribution < 1.29 is 19.1 Å². The number of carbonyl (C=O) groups is 2. The number of esters is 1. The van der Waals surface area contributed by atoms with Gasteiger partial charge in [0.15, 0.2) is 5.78 Å². The molecule has 0 amide bonds. The Balaban J connectivity index is 3.40. The lowest BCUT2D eigenvalue weighted by atomic mass is 10.2. The molecule has 0 spiro atoms. The van der Waals surface area contributed by atoms with Gasteiger partial charge in [0, 0.05) is 6.61 Å². The minimum atomic E-state index is -0.443. The highest BCUT2D eigenvalue weighted by Gasteiger charge is 2.10. The molecule has 16 heavy (non-hydrogen) atoms. The number of ketones is 1. The van der Waals surface area contributed by atoms with Gasteiger partial charge >= 0.3 is 5.97 Å². The first-order valence-electron chi connectivity index (χ1n) is 5.95. The normalized spacial score (nSPS) is 10.1. The fourth-order valence-corrected chi connectivity index (χ4v) is 1.19. The van der Waals surface area contributed by atoms with Crippen LogP contribution in [0.5, 0.6) is 0 Å². The smallest absolute Gasteiger partial charge is 0.313 e. The van der Waals surface area contributed by atoms with Crippen LogP contribution in [0.1, 0.15) is 46.0 Å². The fourth-order valence-electron chi connectivity index (χ4n) is 1.19. The van der Waals surface area contributed by atoms with Crippen LogP contribution in [-0.2, 0) is 19.1 Å². The van der Waals surface area contributed by atoms with Gasteiger partial charge < -0.3 is 9.47 Å². The van der Waals surface area contributed by atoms with E-state index in [1.807, 2.05) is 0 Å². The Hall–Kier alpha value is -0.900. The number of rotatable bonds is 10. The van der Waals surface area contributed by atoms with Crippen LogP contribution in [0, 0.1) is 0 Å². The summed E-state index contributed by atoms with van der Waals surface area (Å²) in [6.07, 6.45) is 4.07. The van der Waals surface area contributed by atoms with Crippen molar-refractivity contribution in [3.05, 3.63) is 0 Å². The van der Waals surface area contributed by atoms with E-state index in [4.69, 9.17) is 9.47 Å². The van der Waals surface area contributed by atoms with E-state index in [1.165, 1.54) is 0 Å². The predicted octanol–water partition coefficient (Wildman–Crippen LogP) is 2.11. The van der Waals surface area contributed by atoms with Crippen LogP contribution in [-0.4, -0.2) is 31.6 Å². The molecule has 4 nitrogen and oxygen atoms in total. The Morgan fingerprint density at radius 1 is 1.06 bits per heavy atom. The van der Waals surface area contributed by atoms with Crippen molar-refractivity contribution in [2.45, 2.75) is 46.0 Å². The molecule has 0 aromatic rings. The van der Waals surface area contributed by atoms with Crippen molar-refractivity contribution >= 4 is 11.8 Å². The first kappa shape index (κ1) is 15.1. The summed E-state index contributed by atoms with van der Waals surface area (Å²) in [6, 6.07) is 0. The van der Waals surface area contributed by atoms with Crippen LogP contribution in [0.2, 0.25) is 0 Å². The number of unbranched alkanes of at least 4 members (excludes halogenated alkanes) is 3. The molecule has 0 aliphatic rings. The molecule has 0 aliphatic carbocycles. The molecule has 0 aliphatic heterocycles. The molecule has 4 heteroatoms. The van der Waals surface area contributed by atoms with E-state index in [2.05, 4.69) is 6.92 Å². The third-order valence-electron chi connectivity index (χ3n) is 2.07. The van der Waals surface area contributed by atoms with Crippen molar-refractivity contribution in [1.82, 2.24) is 0 Å². The largest absolute Gasteiger partial charge is 0.465 e. The predicted molar refractivity (Wildman–Crippen MR) is 61.2 cm³/mol. The zero-order chi connectivity index (χ0) is 12.2. The average Bonchev–Trinajstić information content (AvgIpc) is 2.26. The molecule has 0 saturated carbocycles. The molecule has 0 N–H and O–H groups in total. The quantitative estimate of drug-likeness (QED) is 0.327. The van der Waals surface area contributed by atoms with Crippen molar-refractivity contribution in [2.75, 3.05) is 19.8 Å². The maximum Gasteiger partial charge on any atom is 0.313 e. The van der Waals surface area contributed by atoms with E-state index in [0.29, 0.717) is 13.2 Å². The molecular formula is C12H22O4. The zero-order valence-electron chi connectivity index (χ0n) is 10.3. The number of Topliss-reactive ketones (excluding diaryl/α,β-unsaturated/α-hetero) is 1. The van der Waals surface area contributed by atoms with Gasteiger partial charge in [-0.3, -0.25) is 9.59 Å². The van der Waals surface area contributed by atoms with Gasteiger partial charge in [0.1, 0.15) is 13.0 Å². The third-order valence-corrected chi connectivity index (χ3v) is 2.07. The molecule has 0 radical (unpaired) electrons. The minimum Gasteiger partial charge on any atom is -0.465 e. The van der Waals surface area contributed by atoms with E-state index >= 15 is 0 Å². The lowest BCUT2D eigenvalue weighted by molar-refractivity contribution is -0.147. The van der Waals surface area contributed by atoms with Gasteiger partial charge in [0.05, 0.1) is 6.61 Å². The van der Waals surface area contributed by atoms with Crippen molar-refractivity contribution in [1.29, 1.82) is 0 Å². The summed E-state index contributed by atoms with van der Waals surface area (Å²) in [5.41, 5.74) is 0. The zero-order valence-corrected chi connectivity index (χ0v) is 10.3. The minimum absolute atomic E-state index is 0.00142. The van der Waals surface area contributed by atoms with Crippen LogP contribution in [0.4, 0.5) is 0 Å². The number of hydrogen-bond acceptors (Lipinski definition) is 4. The molecule has 94 valence electrons. The standard InChI is InChI=1S/C12H22O4/c1-3-5-6-7-8-16-12(14)9-11(13)10-15-4-2/h3-10H2,1-2H3. The van der Waals surface area contributed by atoms with Crippen LogP contribution in [0.15, 0.2) is 0 Å². The topological polar surface area (TPSA) is 52.6 Å². The van der Waals surface area contributed by atoms with Crippen LogP contribution >= 0.6 is 0 Å². The molecule has 0 aromatic carbocycles. The molecule has 0 saturated heterocycles. The van der Waals surface area contributed by atoms with Gasteiger partial charge in [0.25, 0.3) is 0 Å². The molecule has 0 rings (SSSR count). The maximum atomic E-state index is 11.2. The second-order valence-electron chi connectivity index (χ2n) is 3.63. The molecule has 0 unspecified atom stereocenters. The summed E-state index contributed by atoms with van der Waals surface area (Å²) >= 11 is 0. The van der Waals surface area contributed by atoms with Crippen molar-refractivity contribution in [3.63, 3.8) is 0 Å². The first-order chi connectivity index (χ1) is 7.70. The Bertz CT molecular complexity index is 201. The Kier molecular flexibility index (Phi) is 10.0. The second kappa shape index (κ2) is 10.6. The maximum absolute atomic E-state index is 11.2. The van der Waals surface area contributed by atoms with Gasteiger partial charge in [-0.25, -0.2) is 0 Å². The summed E-state index contributed by atoms with van der Waals surface area (Å²) in [6.45, 7) is 4.83. The summed E-state index contributed by atoms with van der Waals surface area (Å²) in [5.74, 6) is -0.665. The van der Waals surface area contributed by atoms with E-state index in [0.717, 1.165) is 25.7 Å². The summed E-state index contributed by atoms with van der Waals surface area (Å²) in [5, 5.41) is 0. The van der Waals surface area contributed by atoms with Crippen molar-refractivity contribution in [2.24, 2.45) is 0 Å². The Morgan fingerprint density at radius 2 is 1.81 bits per heavy atom. The molecule has 0 atom stereocenters.